The average molecular weight is 220 g/mol. The lowest BCUT2D eigenvalue weighted by molar-refractivity contribution is 0.439. The molecule has 0 amide bonds. The Balaban J connectivity index is 2.66. The highest BCUT2D eigenvalue weighted by Crippen LogP contribution is 2.31. The Morgan fingerprint density at radius 3 is 2.80 bits per heavy atom. The highest BCUT2D eigenvalue weighted by Gasteiger charge is 2.16. The van der Waals surface area contributed by atoms with Gasteiger partial charge in [-0.15, -0.1) is 0 Å². The van der Waals surface area contributed by atoms with Gasteiger partial charge < -0.3 is 10.3 Å². The van der Waals surface area contributed by atoms with Gasteiger partial charge in [-0.25, -0.2) is 0 Å². The Bertz CT molecular complexity index is 542. The fourth-order valence-electron chi connectivity index (χ4n) is 1.25. The largest absolute Gasteiger partial charge is 0.366 e. The molecule has 0 saturated heterocycles. The number of nitrogens with two attached hydrogens (primary N) is 1. The van der Waals surface area contributed by atoms with Crippen molar-refractivity contribution in [2.45, 2.75) is 0 Å². The van der Waals surface area contributed by atoms with E-state index in [0.717, 1.165) is 0 Å². The molecular formula is C10H6ClN3O. The number of halogens is 1. The first-order valence-corrected chi connectivity index (χ1v) is 4.52. The average Bonchev–Trinajstić information content (AvgIpc) is 2.60. The molecule has 0 atom stereocenters. The molecule has 74 valence electrons. The van der Waals surface area contributed by atoms with Crippen molar-refractivity contribution in [3.05, 3.63) is 34.9 Å². The van der Waals surface area contributed by atoms with E-state index in [9.17, 15) is 0 Å². The number of benzene rings is 1. The number of aromatic nitrogens is 1. The quantitative estimate of drug-likeness (QED) is 0.799. The van der Waals surface area contributed by atoms with Crippen LogP contribution < -0.4 is 5.73 Å². The van der Waals surface area contributed by atoms with Crippen molar-refractivity contribution in [1.29, 1.82) is 5.26 Å². The van der Waals surface area contributed by atoms with Crippen molar-refractivity contribution >= 4 is 17.5 Å². The van der Waals surface area contributed by atoms with Crippen LogP contribution in [0.15, 0.2) is 28.8 Å². The summed E-state index contributed by atoms with van der Waals surface area (Å²) in [5.41, 5.74) is 6.67. The van der Waals surface area contributed by atoms with Crippen molar-refractivity contribution in [2.75, 3.05) is 5.73 Å². The molecule has 0 unspecified atom stereocenters. The second kappa shape index (κ2) is 3.64. The Morgan fingerprint density at radius 2 is 2.13 bits per heavy atom. The summed E-state index contributed by atoms with van der Waals surface area (Å²) in [5.74, 6) is 0.00687. The van der Waals surface area contributed by atoms with E-state index in [4.69, 9.17) is 27.1 Å². The first-order chi connectivity index (χ1) is 7.24. The third-order valence-electron chi connectivity index (χ3n) is 1.96. The van der Waals surface area contributed by atoms with Crippen LogP contribution in [0.25, 0.3) is 11.3 Å². The lowest BCUT2D eigenvalue weighted by Crippen LogP contribution is -1.87. The molecule has 1 aromatic carbocycles. The minimum absolute atomic E-state index is 0.00687. The minimum Gasteiger partial charge on any atom is -0.366 e. The fourth-order valence-corrected chi connectivity index (χ4v) is 1.47. The van der Waals surface area contributed by atoms with E-state index < -0.39 is 0 Å². The van der Waals surface area contributed by atoms with E-state index in [0.29, 0.717) is 16.3 Å². The van der Waals surface area contributed by atoms with E-state index in [2.05, 4.69) is 5.16 Å². The maximum atomic E-state index is 8.87. The van der Waals surface area contributed by atoms with Crippen molar-refractivity contribution in [2.24, 2.45) is 0 Å². The summed E-state index contributed by atoms with van der Waals surface area (Å²) < 4.78 is 4.74. The van der Waals surface area contributed by atoms with Crippen LogP contribution in [0, 0.1) is 11.3 Å². The fraction of sp³-hybridized carbons (Fsp3) is 0. The van der Waals surface area contributed by atoms with Crippen LogP contribution in [0.3, 0.4) is 0 Å². The van der Waals surface area contributed by atoms with E-state index in [-0.39, 0.29) is 11.4 Å². The molecular weight excluding hydrogens is 214 g/mol. The normalized spacial score (nSPS) is 9.87. The van der Waals surface area contributed by atoms with Gasteiger partial charge in [0.05, 0.1) is 5.02 Å². The van der Waals surface area contributed by atoms with E-state index in [1.165, 1.54) is 0 Å². The van der Waals surface area contributed by atoms with Crippen molar-refractivity contribution in [3.8, 4) is 17.3 Å². The molecule has 1 aromatic heterocycles. The molecule has 0 bridgehead atoms. The first-order valence-electron chi connectivity index (χ1n) is 4.14. The molecule has 4 nitrogen and oxygen atoms in total. The van der Waals surface area contributed by atoms with Crippen molar-refractivity contribution < 1.29 is 4.52 Å². The smallest absolute Gasteiger partial charge is 0.240 e. The molecule has 0 aliphatic heterocycles. The number of hydrogen-bond donors (Lipinski definition) is 1. The predicted molar refractivity (Wildman–Crippen MR) is 56.1 cm³/mol. The number of nitrogens with zero attached hydrogens (tertiary/aromatic N) is 2. The van der Waals surface area contributed by atoms with Crippen LogP contribution in [0.4, 0.5) is 5.88 Å². The Labute approximate surface area is 90.9 Å². The molecule has 0 spiro atoms. The van der Waals surface area contributed by atoms with Gasteiger partial charge in [0.1, 0.15) is 17.3 Å². The Kier molecular flexibility index (Phi) is 2.32. The molecule has 5 heteroatoms. The lowest BCUT2D eigenvalue weighted by atomic mass is 10.1. The number of nitriles is 1. The minimum atomic E-state index is 0.00687. The summed E-state index contributed by atoms with van der Waals surface area (Å²) in [6.45, 7) is 0. The van der Waals surface area contributed by atoms with Crippen LogP contribution in [-0.4, -0.2) is 5.16 Å². The zero-order chi connectivity index (χ0) is 10.8. The molecule has 15 heavy (non-hydrogen) atoms. The maximum Gasteiger partial charge on any atom is 0.240 e. The highest BCUT2D eigenvalue weighted by atomic mass is 35.5. The number of anilines is 1. The predicted octanol–water partition coefficient (Wildman–Crippen LogP) is 2.45. The third kappa shape index (κ3) is 1.53. The van der Waals surface area contributed by atoms with Crippen LogP contribution in [0.5, 0.6) is 0 Å². The topological polar surface area (TPSA) is 75.8 Å². The molecule has 2 N–H and O–H groups in total. The van der Waals surface area contributed by atoms with Crippen LogP contribution in [-0.2, 0) is 0 Å². The molecule has 0 aliphatic rings. The zero-order valence-electron chi connectivity index (χ0n) is 7.57. The van der Waals surface area contributed by atoms with Crippen LogP contribution in [0.1, 0.15) is 5.56 Å². The van der Waals surface area contributed by atoms with Crippen molar-refractivity contribution in [3.63, 3.8) is 0 Å². The van der Waals surface area contributed by atoms with Gasteiger partial charge in [-0.3, -0.25) is 0 Å². The molecule has 2 rings (SSSR count). The first kappa shape index (κ1) is 9.56. The number of rotatable bonds is 1. The molecule has 0 aliphatic carbocycles. The summed E-state index contributed by atoms with van der Waals surface area (Å²) in [4.78, 5) is 0. The lowest BCUT2D eigenvalue weighted by Gasteiger charge is -1.98. The van der Waals surface area contributed by atoms with E-state index in [1.54, 1.807) is 24.3 Å². The van der Waals surface area contributed by atoms with Gasteiger partial charge in [-0.1, -0.05) is 35.0 Å². The summed E-state index contributed by atoms with van der Waals surface area (Å²) in [7, 11) is 0. The zero-order valence-corrected chi connectivity index (χ0v) is 8.32. The number of nitrogen functional groups attached to an aromatic ring is 1. The summed E-state index contributed by atoms with van der Waals surface area (Å²) >= 11 is 5.97. The molecule has 2 aromatic rings. The van der Waals surface area contributed by atoms with E-state index in [1.807, 2.05) is 6.07 Å². The maximum absolute atomic E-state index is 8.87. The summed E-state index contributed by atoms with van der Waals surface area (Å²) in [5, 5.41) is 13.1. The second-order valence-corrected chi connectivity index (χ2v) is 3.27. The van der Waals surface area contributed by atoms with E-state index >= 15 is 0 Å². The summed E-state index contributed by atoms with van der Waals surface area (Å²) in [6, 6.07) is 8.98. The Morgan fingerprint density at radius 1 is 1.40 bits per heavy atom. The highest BCUT2D eigenvalue weighted by molar-refractivity contribution is 6.33. The Hall–Kier alpha value is -1.99. The molecule has 0 radical (unpaired) electrons. The molecule has 0 fully saturated rings. The van der Waals surface area contributed by atoms with Gasteiger partial charge in [0.25, 0.3) is 0 Å². The number of hydrogen-bond acceptors (Lipinski definition) is 4. The SMILES string of the molecule is N#Cc1c(-c2ccccc2Cl)noc1N. The van der Waals surface area contributed by atoms with Gasteiger partial charge in [-0.2, -0.15) is 5.26 Å². The van der Waals surface area contributed by atoms with Gasteiger partial charge in [-0.05, 0) is 6.07 Å². The van der Waals surface area contributed by atoms with Gasteiger partial charge in [0, 0.05) is 5.56 Å². The van der Waals surface area contributed by atoms with Gasteiger partial charge >= 0.3 is 0 Å². The monoisotopic (exact) mass is 219 g/mol. The van der Waals surface area contributed by atoms with Gasteiger partial charge in [0.2, 0.25) is 5.88 Å². The molecule has 1 heterocycles. The second-order valence-electron chi connectivity index (χ2n) is 2.86. The van der Waals surface area contributed by atoms with Crippen molar-refractivity contribution in [1.82, 2.24) is 5.16 Å². The standard InChI is InChI=1S/C10H6ClN3O/c11-8-4-2-1-3-6(8)9-7(5-12)10(13)15-14-9/h1-4H,13H2. The van der Waals surface area contributed by atoms with Crippen LogP contribution in [0.2, 0.25) is 5.02 Å². The third-order valence-corrected chi connectivity index (χ3v) is 2.29. The van der Waals surface area contributed by atoms with Gasteiger partial charge in [0.15, 0.2) is 0 Å². The van der Waals surface area contributed by atoms with Crippen LogP contribution >= 0.6 is 11.6 Å². The summed E-state index contributed by atoms with van der Waals surface area (Å²) in [6.07, 6.45) is 0. The molecule has 0 saturated carbocycles.